The highest BCUT2D eigenvalue weighted by Crippen LogP contribution is 2.40. The van der Waals surface area contributed by atoms with E-state index in [1.54, 1.807) is 0 Å². The summed E-state index contributed by atoms with van der Waals surface area (Å²) in [6.45, 7) is 17.3. The minimum Gasteiger partial charge on any atom is -0.414 e. The molecule has 1 aliphatic heterocycles. The van der Waals surface area contributed by atoms with Gasteiger partial charge >= 0.3 is 0 Å². The van der Waals surface area contributed by atoms with Gasteiger partial charge in [-0.15, -0.1) is 0 Å². The van der Waals surface area contributed by atoms with Crippen molar-refractivity contribution in [1.29, 1.82) is 0 Å². The van der Waals surface area contributed by atoms with Gasteiger partial charge in [0.2, 0.25) is 0 Å². The van der Waals surface area contributed by atoms with Crippen LogP contribution >= 0.6 is 15.9 Å². The van der Waals surface area contributed by atoms with Gasteiger partial charge in [-0.05, 0) is 31.0 Å². The zero-order chi connectivity index (χ0) is 13.5. The van der Waals surface area contributed by atoms with Crippen LogP contribution in [0.3, 0.4) is 0 Å². The highest BCUT2D eigenvalue weighted by molar-refractivity contribution is 9.09. The molecule has 1 aliphatic rings. The van der Waals surface area contributed by atoms with Gasteiger partial charge in [0, 0.05) is 0 Å². The molecule has 1 fully saturated rings. The Labute approximate surface area is 116 Å². The van der Waals surface area contributed by atoms with Crippen LogP contribution in [0, 0.1) is 5.92 Å². The molecule has 0 saturated carbocycles. The number of hydrogen-bond acceptors (Lipinski definition) is 2. The Morgan fingerprint density at radius 2 is 1.94 bits per heavy atom. The second-order valence-corrected chi connectivity index (χ2v) is 12.8. The summed E-state index contributed by atoms with van der Waals surface area (Å²) in [7, 11) is -1.67. The molecule has 1 rings (SSSR count). The van der Waals surface area contributed by atoms with Gasteiger partial charge in [0.05, 0.1) is 18.0 Å². The molecule has 0 N–H and O–H groups in total. The summed E-state index contributed by atoms with van der Waals surface area (Å²) in [5.74, 6) is 0.558. The molecule has 0 aromatic heterocycles. The average Bonchev–Trinajstić information content (AvgIpc) is 2.43. The van der Waals surface area contributed by atoms with Crippen molar-refractivity contribution < 1.29 is 9.16 Å². The van der Waals surface area contributed by atoms with Gasteiger partial charge in [-0.25, -0.2) is 0 Å². The van der Waals surface area contributed by atoms with Gasteiger partial charge in [0.25, 0.3) is 0 Å². The molecule has 0 unspecified atom stereocenters. The van der Waals surface area contributed by atoms with Crippen molar-refractivity contribution in [2.75, 3.05) is 13.2 Å². The van der Waals surface area contributed by atoms with Crippen molar-refractivity contribution in [3.63, 3.8) is 0 Å². The van der Waals surface area contributed by atoms with Gasteiger partial charge in [-0.1, -0.05) is 43.6 Å². The van der Waals surface area contributed by atoms with Gasteiger partial charge < -0.3 is 9.16 Å². The summed E-state index contributed by atoms with van der Waals surface area (Å²) in [6, 6.07) is 0. The summed E-state index contributed by atoms with van der Waals surface area (Å²) in [5.41, 5.74) is -0.172. The highest BCUT2D eigenvalue weighted by Gasteiger charge is 2.46. The highest BCUT2D eigenvalue weighted by atomic mass is 79.9. The molecule has 17 heavy (non-hydrogen) atoms. The first-order chi connectivity index (χ1) is 7.50. The van der Waals surface area contributed by atoms with E-state index in [2.05, 4.69) is 63.6 Å². The Kier molecular flexibility index (Phi) is 4.56. The number of rotatable bonds is 3. The first-order valence-electron chi connectivity index (χ1n) is 6.41. The summed E-state index contributed by atoms with van der Waals surface area (Å²) < 4.78 is 12.2. The van der Waals surface area contributed by atoms with Crippen molar-refractivity contribution in [3.05, 3.63) is 0 Å². The van der Waals surface area contributed by atoms with Crippen LogP contribution < -0.4 is 0 Å². The maximum atomic E-state index is 6.28. The maximum Gasteiger partial charge on any atom is 0.192 e. The summed E-state index contributed by atoms with van der Waals surface area (Å²) in [4.78, 5) is 0.389. The summed E-state index contributed by atoms with van der Waals surface area (Å²) >= 11 is 3.75. The molecule has 1 heterocycles. The number of ether oxygens (including phenoxy) is 1. The van der Waals surface area contributed by atoms with Gasteiger partial charge in [-0.2, -0.15) is 0 Å². The lowest BCUT2D eigenvalue weighted by Crippen LogP contribution is -2.47. The van der Waals surface area contributed by atoms with E-state index in [1.165, 1.54) is 0 Å². The van der Waals surface area contributed by atoms with Crippen LogP contribution in [0.1, 0.15) is 34.6 Å². The number of hydrogen-bond donors (Lipinski definition) is 0. The van der Waals surface area contributed by atoms with E-state index in [4.69, 9.17) is 9.16 Å². The predicted molar refractivity (Wildman–Crippen MR) is 79.4 cm³/mol. The molecule has 0 aromatic rings. The zero-order valence-electron chi connectivity index (χ0n) is 12.3. The molecule has 0 aromatic carbocycles. The van der Waals surface area contributed by atoms with Crippen molar-refractivity contribution in [1.82, 2.24) is 0 Å². The molecule has 102 valence electrons. The molecule has 0 spiro atoms. The molecule has 3 atom stereocenters. The average molecular weight is 323 g/mol. The summed E-state index contributed by atoms with van der Waals surface area (Å²) in [5, 5.41) is 0.259. The Morgan fingerprint density at radius 1 is 1.41 bits per heavy atom. The lowest BCUT2D eigenvalue weighted by atomic mass is 9.98. The molecule has 0 amide bonds. The van der Waals surface area contributed by atoms with Crippen LogP contribution in [0.2, 0.25) is 18.1 Å². The number of alkyl halides is 1. The van der Waals surface area contributed by atoms with Crippen LogP contribution in [0.5, 0.6) is 0 Å². The van der Waals surface area contributed by atoms with E-state index < -0.39 is 8.32 Å². The van der Waals surface area contributed by atoms with Crippen LogP contribution in [-0.2, 0) is 9.16 Å². The second-order valence-electron chi connectivity index (χ2n) is 7.05. The molecule has 0 bridgehead atoms. The van der Waals surface area contributed by atoms with Gasteiger partial charge in [0.15, 0.2) is 8.32 Å². The third-order valence-corrected chi connectivity index (χ3v) is 10.6. The first kappa shape index (κ1) is 15.7. The standard InChI is InChI=1S/C13H27BrO2Si/c1-10-8-15-13(5,11(10)14)9-16-17(6,7)12(2,3)4/h10-11H,8-9H2,1-7H3/t10-,11+,13+/m1/s1. The molecule has 4 heteroatoms. The maximum absolute atomic E-state index is 6.28. The predicted octanol–water partition coefficient (Wildman–Crippen LogP) is 4.20. The van der Waals surface area contributed by atoms with Crippen LogP contribution in [0.15, 0.2) is 0 Å². The summed E-state index contributed by atoms with van der Waals surface area (Å²) in [6.07, 6.45) is 0. The van der Waals surface area contributed by atoms with E-state index >= 15 is 0 Å². The molecular weight excluding hydrogens is 296 g/mol. The van der Waals surface area contributed by atoms with Crippen LogP contribution in [0.25, 0.3) is 0 Å². The van der Waals surface area contributed by atoms with Gasteiger partial charge in [-0.3, -0.25) is 0 Å². The fourth-order valence-electron chi connectivity index (χ4n) is 1.75. The quantitative estimate of drug-likeness (QED) is 0.572. The minimum absolute atomic E-state index is 0.172. The number of halogens is 1. The molecule has 1 saturated heterocycles. The van der Waals surface area contributed by atoms with Crippen LogP contribution in [-0.4, -0.2) is 32.0 Å². The Morgan fingerprint density at radius 3 is 2.29 bits per heavy atom. The van der Waals surface area contributed by atoms with Crippen molar-refractivity contribution in [3.8, 4) is 0 Å². The van der Waals surface area contributed by atoms with Crippen LogP contribution in [0.4, 0.5) is 0 Å². The monoisotopic (exact) mass is 322 g/mol. The van der Waals surface area contributed by atoms with Crippen molar-refractivity contribution in [2.24, 2.45) is 5.92 Å². The molecule has 0 aliphatic carbocycles. The smallest absolute Gasteiger partial charge is 0.192 e. The zero-order valence-corrected chi connectivity index (χ0v) is 14.8. The minimum atomic E-state index is -1.67. The lowest BCUT2D eigenvalue weighted by Gasteiger charge is -2.39. The van der Waals surface area contributed by atoms with E-state index in [-0.39, 0.29) is 10.6 Å². The first-order valence-corrected chi connectivity index (χ1v) is 10.2. The van der Waals surface area contributed by atoms with E-state index in [0.717, 1.165) is 6.61 Å². The lowest BCUT2D eigenvalue weighted by molar-refractivity contribution is -0.0168. The second kappa shape index (κ2) is 4.95. The van der Waals surface area contributed by atoms with Crippen molar-refractivity contribution in [2.45, 2.75) is 63.2 Å². The SMILES string of the molecule is C[C@@H]1CO[C@@](C)(CO[Si](C)(C)C(C)(C)C)[C@H]1Br. The van der Waals surface area contributed by atoms with E-state index in [9.17, 15) is 0 Å². The Balaban J connectivity index is 2.63. The fraction of sp³-hybridized carbons (Fsp3) is 1.00. The topological polar surface area (TPSA) is 18.5 Å². The van der Waals surface area contributed by atoms with E-state index in [0.29, 0.717) is 17.4 Å². The molecule has 2 nitrogen and oxygen atoms in total. The van der Waals surface area contributed by atoms with Crippen molar-refractivity contribution >= 4 is 24.2 Å². The third kappa shape index (κ3) is 3.34. The normalized spacial score (nSPS) is 35.3. The molecule has 0 radical (unpaired) electrons. The van der Waals surface area contributed by atoms with E-state index in [1.807, 2.05) is 0 Å². The van der Waals surface area contributed by atoms with Gasteiger partial charge in [0.1, 0.15) is 5.60 Å². The molecular formula is C13H27BrO2Si. The largest absolute Gasteiger partial charge is 0.414 e. The Hall–Kier alpha value is 0.617. The third-order valence-electron chi connectivity index (χ3n) is 4.28. The fourth-order valence-corrected chi connectivity index (χ4v) is 3.25. The Bertz CT molecular complexity index is 275.